The Morgan fingerprint density at radius 3 is 2.40 bits per heavy atom. The largest absolute Gasteiger partial charge is 0.573 e. The van der Waals surface area contributed by atoms with Crippen LogP contribution in [0, 0.1) is 5.92 Å². The van der Waals surface area contributed by atoms with Crippen LogP contribution in [-0.4, -0.2) is 12.4 Å². The fraction of sp³-hybridized carbons (Fsp3) is 0.600. The minimum absolute atomic E-state index is 0.175. The van der Waals surface area contributed by atoms with Crippen molar-refractivity contribution >= 4 is 0 Å². The van der Waals surface area contributed by atoms with E-state index in [0.29, 0.717) is 12.6 Å². The Labute approximate surface area is 117 Å². The number of ether oxygens (including phenoxy) is 1. The number of benzene rings is 1. The molecule has 1 aromatic rings. The van der Waals surface area contributed by atoms with E-state index in [4.69, 9.17) is 0 Å². The van der Waals surface area contributed by atoms with E-state index in [2.05, 4.69) is 17.0 Å². The number of alkyl halides is 3. The van der Waals surface area contributed by atoms with Crippen LogP contribution in [0.1, 0.15) is 38.2 Å². The first-order chi connectivity index (χ1) is 9.46. The fourth-order valence-electron chi connectivity index (χ4n) is 2.22. The lowest BCUT2D eigenvalue weighted by Crippen LogP contribution is -2.28. The van der Waals surface area contributed by atoms with Crippen LogP contribution in [-0.2, 0) is 6.54 Å². The van der Waals surface area contributed by atoms with E-state index in [1.807, 2.05) is 0 Å². The van der Waals surface area contributed by atoms with E-state index in [9.17, 15) is 13.2 Å². The van der Waals surface area contributed by atoms with Crippen molar-refractivity contribution in [2.45, 2.75) is 51.6 Å². The van der Waals surface area contributed by atoms with Crippen molar-refractivity contribution in [1.29, 1.82) is 0 Å². The van der Waals surface area contributed by atoms with Gasteiger partial charge in [-0.3, -0.25) is 0 Å². The average Bonchev–Trinajstić information content (AvgIpc) is 3.18. The molecule has 1 aliphatic carbocycles. The van der Waals surface area contributed by atoms with Gasteiger partial charge in [0.1, 0.15) is 5.75 Å². The van der Waals surface area contributed by atoms with Crippen molar-refractivity contribution in [1.82, 2.24) is 5.32 Å². The van der Waals surface area contributed by atoms with Crippen LogP contribution in [0.15, 0.2) is 24.3 Å². The van der Waals surface area contributed by atoms with Crippen LogP contribution in [0.5, 0.6) is 5.75 Å². The molecule has 1 aromatic carbocycles. The van der Waals surface area contributed by atoms with Crippen molar-refractivity contribution in [3.05, 3.63) is 29.8 Å². The van der Waals surface area contributed by atoms with Gasteiger partial charge in [0.2, 0.25) is 0 Å². The van der Waals surface area contributed by atoms with E-state index >= 15 is 0 Å². The van der Waals surface area contributed by atoms with E-state index in [-0.39, 0.29) is 5.75 Å². The smallest absolute Gasteiger partial charge is 0.406 e. The minimum Gasteiger partial charge on any atom is -0.406 e. The zero-order chi connectivity index (χ0) is 14.6. The molecule has 20 heavy (non-hydrogen) atoms. The van der Waals surface area contributed by atoms with E-state index in [1.165, 1.54) is 31.4 Å². The molecule has 1 saturated carbocycles. The Morgan fingerprint density at radius 1 is 1.25 bits per heavy atom. The summed E-state index contributed by atoms with van der Waals surface area (Å²) in [5.41, 5.74) is 0.966. The Morgan fingerprint density at radius 2 is 1.90 bits per heavy atom. The third kappa shape index (κ3) is 5.41. The Kier molecular flexibility index (Phi) is 4.91. The molecule has 0 amide bonds. The Balaban J connectivity index is 1.80. The monoisotopic (exact) mass is 287 g/mol. The third-order valence-electron chi connectivity index (χ3n) is 3.56. The van der Waals surface area contributed by atoms with Crippen molar-refractivity contribution < 1.29 is 17.9 Å². The molecule has 0 spiro atoms. The van der Waals surface area contributed by atoms with Crippen LogP contribution >= 0.6 is 0 Å². The number of nitrogens with one attached hydrogen (secondary N) is 1. The first kappa shape index (κ1) is 15.2. The second-order valence-electron chi connectivity index (χ2n) is 5.36. The fourth-order valence-corrected chi connectivity index (χ4v) is 2.22. The maximum absolute atomic E-state index is 12.0. The summed E-state index contributed by atoms with van der Waals surface area (Å²) in [6, 6.07) is 6.53. The highest BCUT2D eigenvalue weighted by Crippen LogP contribution is 2.34. The minimum atomic E-state index is -4.63. The van der Waals surface area contributed by atoms with Gasteiger partial charge < -0.3 is 10.1 Å². The normalized spacial score (nSPS) is 17.0. The first-order valence-corrected chi connectivity index (χ1v) is 7.04. The van der Waals surface area contributed by atoms with Gasteiger partial charge in [-0.05, 0) is 36.5 Å². The maximum Gasteiger partial charge on any atom is 0.573 e. The van der Waals surface area contributed by atoms with Gasteiger partial charge in [-0.2, -0.15) is 0 Å². The van der Waals surface area contributed by atoms with Gasteiger partial charge in [-0.1, -0.05) is 31.9 Å². The van der Waals surface area contributed by atoms with Gasteiger partial charge in [-0.15, -0.1) is 13.2 Å². The van der Waals surface area contributed by atoms with Gasteiger partial charge in [0, 0.05) is 12.6 Å². The SMILES string of the molecule is CCC(CC1CC1)NCc1ccc(OC(F)(F)F)cc1. The molecule has 5 heteroatoms. The molecule has 0 radical (unpaired) electrons. The highest BCUT2D eigenvalue weighted by molar-refractivity contribution is 5.27. The molecular formula is C15H20F3NO. The average molecular weight is 287 g/mol. The molecule has 2 rings (SSSR count). The zero-order valence-electron chi connectivity index (χ0n) is 11.5. The quantitative estimate of drug-likeness (QED) is 0.809. The van der Waals surface area contributed by atoms with Crippen LogP contribution in [0.25, 0.3) is 0 Å². The van der Waals surface area contributed by atoms with E-state index in [1.54, 1.807) is 12.1 Å². The number of hydrogen-bond acceptors (Lipinski definition) is 2. The summed E-state index contributed by atoms with van der Waals surface area (Å²) in [6.07, 6.45) is 0.318. The Bertz CT molecular complexity index is 412. The molecule has 0 bridgehead atoms. The molecule has 1 N–H and O–H groups in total. The van der Waals surface area contributed by atoms with Gasteiger partial charge in [0.25, 0.3) is 0 Å². The molecule has 1 aliphatic rings. The van der Waals surface area contributed by atoms with Crippen LogP contribution in [0.2, 0.25) is 0 Å². The topological polar surface area (TPSA) is 21.3 Å². The predicted octanol–water partition coefficient (Wildman–Crippen LogP) is 4.25. The van der Waals surface area contributed by atoms with Crippen molar-refractivity contribution in [3.8, 4) is 5.75 Å². The van der Waals surface area contributed by atoms with Crippen molar-refractivity contribution in [2.24, 2.45) is 5.92 Å². The lowest BCUT2D eigenvalue weighted by atomic mass is 10.1. The van der Waals surface area contributed by atoms with Crippen molar-refractivity contribution in [3.63, 3.8) is 0 Å². The summed E-state index contributed by atoms with van der Waals surface area (Å²) in [4.78, 5) is 0. The molecule has 1 atom stereocenters. The van der Waals surface area contributed by atoms with Crippen LogP contribution in [0.4, 0.5) is 13.2 Å². The van der Waals surface area contributed by atoms with E-state index < -0.39 is 6.36 Å². The second-order valence-corrected chi connectivity index (χ2v) is 5.36. The van der Waals surface area contributed by atoms with Gasteiger partial charge in [0.15, 0.2) is 0 Å². The Hall–Kier alpha value is -1.23. The van der Waals surface area contributed by atoms with Gasteiger partial charge in [0.05, 0.1) is 0 Å². The summed E-state index contributed by atoms with van der Waals surface area (Å²) >= 11 is 0. The molecule has 1 unspecified atom stereocenters. The number of rotatable bonds is 7. The number of hydrogen-bond donors (Lipinski definition) is 1. The maximum atomic E-state index is 12.0. The summed E-state index contributed by atoms with van der Waals surface area (Å²) < 4.78 is 39.9. The highest BCUT2D eigenvalue weighted by Gasteiger charge is 2.31. The lowest BCUT2D eigenvalue weighted by Gasteiger charge is -2.17. The lowest BCUT2D eigenvalue weighted by molar-refractivity contribution is -0.274. The van der Waals surface area contributed by atoms with Crippen LogP contribution < -0.4 is 10.1 Å². The zero-order valence-corrected chi connectivity index (χ0v) is 11.5. The number of halogens is 3. The molecule has 0 saturated heterocycles. The molecule has 2 nitrogen and oxygen atoms in total. The first-order valence-electron chi connectivity index (χ1n) is 7.04. The molecule has 0 aliphatic heterocycles. The van der Waals surface area contributed by atoms with Crippen molar-refractivity contribution in [2.75, 3.05) is 0 Å². The summed E-state index contributed by atoms with van der Waals surface area (Å²) in [5, 5.41) is 3.46. The van der Waals surface area contributed by atoms with Crippen LogP contribution in [0.3, 0.4) is 0 Å². The highest BCUT2D eigenvalue weighted by atomic mass is 19.4. The van der Waals surface area contributed by atoms with E-state index in [0.717, 1.165) is 17.9 Å². The molecular weight excluding hydrogens is 267 g/mol. The summed E-state index contributed by atoms with van der Waals surface area (Å²) in [7, 11) is 0. The molecule has 112 valence electrons. The summed E-state index contributed by atoms with van der Waals surface area (Å²) in [5.74, 6) is 0.696. The van der Waals surface area contributed by atoms with Gasteiger partial charge >= 0.3 is 6.36 Å². The standard InChI is InChI=1S/C15H20F3NO/c1-2-13(9-11-3-4-11)19-10-12-5-7-14(8-6-12)20-15(16,17)18/h5-8,11,13,19H,2-4,9-10H2,1H3. The second kappa shape index (κ2) is 6.48. The summed E-state index contributed by atoms with van der Waals surface area (Å²) in [6.45, 7) is 2.83. The molecule has 0 aromatic heterocycles. The predicted molar refractivity (Wildman–Crippen MR) is 71.4 cm³/mol. The third-order valence-corrected chi connectivity index (χ3v) is 3.56. The van der Waals surface area contributed by atoms with Gasteiger partial charge in [-0.25, -0.2) is 0 Å². The molecule has 1 fully saturated rings. The molecule has 0 heterocycles.